The quantitative estimate of drug-likeness (QED) is 0.615. The van der Waals surface area contributed by atoms with Crippen LogP contribution in [0.25, 0.3) is 0 Å². The molecule has 1 aromatic rings. The van der Waals surface area contributed by atoms with E-state index < -0.39 is 5.60 Å². The van der Waals surface area contributed by atoms with Crippen LogP contribution in [0.1, 0.15) is 31.1 Å². The predicted molar refractivity (Wildman–Crippen MR) is 77.6 cm³/mol. The molecule has 0 aliphatic carbocycles. The van der Waals surface area contributed by atoms with E-state index in [0.29, 0.717) is 11.3 Å². The Bertz CT molecular complexity index is 452. The third-order valence-electron chi connectivity index (χ3n) is 2.10. The molecule has 1 aromatic carbocycles. The molecule has 0 atom stereocenters. The van der Waals surface area contributed by atoms with Gasteiger partial charge >= 0.3 is 5.97 Å². The zero-order valence-corrected chi connectivity index (χ0v) is 13.6. The molecular weight excluding hydrogens is 316 g/mol. The van der Waals surface area contributed by atoms with Gasteiger partial charge in [0.25, 0.3) is 0 Å². The zero-order chi connectivity index (χ0) is 13.9. The Morgan fingerprint density at radius 2 is 1.94 bits per heavy atom. The lowest BCUT2D eigenvalue weighted by atomic mass is 10.1. The first-order valence-electron chi connectivity index (χ1n) is 5.44. The number of hydrogen-bond donors (Lipinski definition) is 0. The minimum Gasteiger partial charge on any atom is -0.495 e. The number of rotatable bonds is 3. The van der Waals surface area contributed by atoms with E-state index in [1.54, 1.807) is 0 Å². The van der Waals surface area contributed by atoms with E-state index in [4.69, 9.17) is 9.47 Å². The van der Waals surface area contributed by atoms with E-state index >= 15 is 0 Å². The average Bonchev–Trinajstić information content (AvgIpc) is 2.26. The fraction of sp³-hybridized carbons (Fsp3) is 0.462. The summed E-state index contributed by atoms with van der Waals surface area (Å²) < 4.78 is 11.4. The number of benzene rings is 1. The number of hydrogen-bond acceptors (Lipinski definition) is 4. The van der Waals surface area contributed by atoms with Crippen LogP contribution in [-0.2, 0) is 4.74 Å². The van der Waals surface area contributed by atoms with Gasteiger partial charge < -0.3 is 9.47 Å². The molecule has 0 saturated carbocycles. The van der Waals surface area contributed by atoms with E-state index in [2.05, 4.69) is 15.9 Å². The summed E-state index contributed by atoms with van der Waals surface area (Å²) in [7, 11) is 1.54. The standard InChI is InChI=1S/C13H17BrO3S/c1-13(2,3)17-12(15)10-9(18-5)7-6-8(14)11(10)16-4/h6-7H,1-5H3. The van der Waals surface area contributed by atoms with Crippen molar-refractivity contribution >= 4 is 33.7 Å². The summed E-state index contributed by atoms with van der Waals surface area (Å²) in [5.74, 6) is 0.140. The Morgan fingerprint density at radius 1 is 1.33 bits per heavy atom. The largest absolute Gasteiger partial charge is 0.495 e. The normalized spacial score (nSPS) is 11.2. The maximum Gasteiger partial charge on any atom is 0.343 e. The van der Waals surface area contributed by atoms with Crippen LogP contribution in [-0.4, -0.2) is 24.9 Å². The predicted octanol–water partition coefficient (Wildman–Crippen LogP) is 4.13. The van der Waals surface area contributed by atoms with Gasteiger partial charge in [-0.2, -0.15) is 0 Å². The maximum absolute atomic E-state index is 12.2. The van der Waals surface area contributed by atoms with Gasteiger partial charge in [0.05, 0.1) is 11.6 Å². The summed E-state index contributed by atoms with van der Waals surface area (Å²) >= 11 is 4.86. The number of halogens is 1. The van der Waals surface area contributed by atoms with Gasteiger partial charge in [0.15, 0.2) is 0 Å². The minimum atomic E-state index is -0.528. The van der Waals surface area contributed by atoms with E-state index in [0.717, 1.165) is 9.37 Å². The third-order valence-corrected chi connectivity index (χ3v) is 3.50. The highest BCUT2D eigenvalue weighted by molar-refractivity contribution is 9.10. The molecule has 0 fully saturated rings. The van der Waals surface area contributed by atoms with Crippen molar-refractivity contribution in [2.75, 3.05) is 13.4 Å². The Morgan fingerprint density at radius 3 is 2.39 bits per heavy atom. The van der Waals surface area contributed by atoms with Crippen molar-refractivity contribution < 1.29 is 14.3 Å². The second-order valence-corrected chi connectivity index (χ2v) is 6.36. The molecule has 3 nitrogen and oxygen atoms in total. The Balaban J connectivity index is 3.28. The molecular formula is C13H17BrO3S. The number of carbonyl (C=O) groups is 1. The molecule has 0 radical (unpaired) electrons. The molecule has 0 aromatic heterocycles. The van der Waals surface area contributed by atoms with E-state index in [1.165, 1.54) is 18.9 Å². The van der Waals surface area contributed by atoms with Gasteiger partial charge in [-0.15, -0.1) is 11.8 Å². The lowest BCUT2D eigenvalue weighted by Gasteiger charge is -2.21. The second kappa shape index (κ2) is 5.97. The molecule has 0 heterocycles. The van der Waals surface area contributed by atoms with Crippen LogP contribution in [0.2, 0.25) is 0 Å². The van der Waals surface area contributed by atoms with Crippen LogP contribution in [0, 0.1) is 0 Å². The van der Waals surface area contributed by atoms with Gasteiger partial charge in [-0.1, -0.05) is 0 Å². The number of esters is 1. The van der Waals surface area contributed by atoms with Crippen molar-refractivity contribution in [2.45, 2.75) is 31.3 Å². The van der Waals surface area contributed by atoms with E-state index in [9.17, 15) is 4.79 Å². The molecule has 5 heteroatoms. The molecule has 0 N–H and O–H groups in total. The summed E-state index contributed by atoms with van der Waals surface area (Å²) in [5.41, 5.74) is -0.0607. The van der Waals surface area contributed by atoms with Crippen LogP contribution >= 0.6 is 27.7 Å². The zero-order valence-electron chi connectivity index (χ0n) is 11.2. The lowest BCUT2D eigenvalue weighted by molar-refractivity contribution is 0.00623. The lowest BCUT2D eigenvalue weighted by Crippen LogP contribution is -2.24. The topological polar surface area (TPSA) is 35.5 Å². The van der Waals surface area contributed by atoms with Crippen molar-refractivity contribution in [2.24, 2.45) is 0 Å². The van der Waals surface area contributed by atoms with Crippen molar-refractivity contribution in [3.05, 3.63) is 22.2 Å². The first-order valence-corrected chi connectivity index (χ1v) is 7.45. The van der Waals surface area contributed by atoms with Crippen LogP contribution in [0.15, 0.2) is 21.5 Å². The van der Waals surface area contributed by atoms with E-state index in [-0.39, 0.29) is 5.97 Å². The number of methoxy groups -OCH3 is 1. The Kier molecular flexibility index (Phi) is 5.10. The monoisotopic (exact) mass is 332 g/mol. The van der Waals surface area contributed by atoms with Gasteiger partial charge in [-0.25, -0.2) is 4.79 Å². The number of ether oxygens (including phenoxy) is 2. The van der Waals surface area contributed by atoms with Gasteiger partial charge in [0.1, 0.15) is 16.9 Å². The average molecular weight is 333 g/mol. The molecule has 18 heavy (non-hydrogen) atoms. The smallest absolute Gasteiger partial charge is 0.343 e. The second-order valence-electron chi connectivity index (χ2n) is 4.66. The van der Waals surface area contributed by atoms with Crippen LogP contribution in [0.4, 0.5) is 0 Å². The van der Waals surface area contributed by atoms with Crippen LogP contribution in [0.3, 0.4) is 0 Å². The fourth-order valence-corrected chi connectivity index (χ4v) is 2.51. The molecule has 0 spiro atoms. The summed E-state index contributed by atoms with van der Waals surface area (Å²) in [6.45, 7) is 5.52. The van der Waals surface area contributed by atoms with E-state index in [1.807, 2.05) is 39.2 Å². The summed E-state index contributed by atoms with van der Waals surface area (Å²) in [6.07, 6.45) is 1.91. The molecule has 0 aliphatic heterocycles. The van der Waals surface area contributed by atoms with Crippen molar-refractivity contribution in [3.63, 3.8) is 0 Å². The Hall–Kier alpha value is -0.680. The first-order chi connectivity index (χ1) is 8.30. The van der Waals surface area contributed by atoms with Gasteiger partial charge in [-0.05, 0) is 55.1 Å². The van der Waals surface area contributed by atoms with Gasteiger partial charge in [0, 0.05) is 4.90 Å². The van der Waals surface area contributed by atoms with Gasteiger partial charge in [0.2, 0.25) is 0 Å². The third kappa shape index (κ3) is 3.65. The van der Waals surface area contributed by atoms with Crippen LogP contribution < -0.4 is 4.74 Å². The molecule has 0 saturated heterocycles. The molecule has 1 rings (SSSR count). The summed E-state index contributed by atoms with van der Waals surface area (Å²) in [5, 5.41) is 0. The Labute approximate surface area is 120 Å². The molecule has 0 amide bonds. The molecule has 100 valence electrons. The number of carbonyl (C=O) groups excluding carboxylic acids is 1. The highest BCUT2D eigenvalue weighted by atomic mass is 79.9. The van der Waals surface area contributed by atoms with Crippen molar-refractivity contribution in [1.29, 1.82) is 0 Å². The minimum absolute atomic E-state index is 0.370. The molecule has 0 bridgehead atoms. The summed E-state index contributed by atoms with van der Waals surface area (Å²) in [6, 6.07) is 3.73. The molecule has 0 aliphatic rings. The fourth-order valence-electron chi connectivity index (χ4n) is 1.43. The highest BCUT2D eigenvalue weighted by Gasteiger charge is 2.25. The van der Waals surface area contributed by atoms with Gasteiger partial charge in [-0.3, -0.25) is 0 Å². The molecule has 0 unspecified atom stereocenters. The van der Waals surface area contributed by atoms with Crippen molar-refractivity contribution in [3.8, 4) is 5.75 Å². The van der Waals surface area contributed by atoms with Crippen molar-refractivity contribution in [1.82, 2.24) is 0 Å². The maximum atomic E-state index is 12.2. The SMILES string of the molecule is COc1c(Br)ccc(SC)c1C(=O)OC(C)(C)C. The summed E-state index contributed by atoms with van der Waals surface area (Å²) in [4.78, 5) is 13.1. The first kappa shape index (κ1) is 15.4. The highest BCUT2D eigenvalue weighted by Crippen LogP contribution is 2.36. The van der Waals surface area contributed by atoms with Crippen LogP contribution in [0.5, 0.6) is 5.75 Å². The number of thioether (sulfide) groups is 1.